The Morgan fingerprint density at radius 2 is 1.91 bits per heavy atom. The van der Waals surface area contributed by atoms with Crippen molar-refractivity contribution < 1.29 is 18.7 Å². The van der Waals surface area contributed by atoms with E-state index in [4.69, 9.17) is 11.6 Å². The fourth-order valence-electron chi connectivity index (χ4n) is 2.22. The zero-order valence-electron chi connectivity index (χ0n) is 12.1. The van der Waals surface area contributed by atoms with Crippen molar-refractivity contribution in [2.24, 2.45) is 0 Å². The Labute approximate surface area is 132 Å². The van der Waals surface area contributed by atoms with Crippen LogP contribution >= 0.6 is 11.6 Å². The third-order valence-electron chi connectivity index (χ3n) is 3.39. The van der Waals surface area contributed by atoms with E-state index in [1.807, 2.05) is 0 Å². The summed E-state index contributed by atoms with van der Waals surface area (Å²) in [5, 5.41) is 2.77. The molecule has 0 bridgehead atoms. The van der Waals surface area contributed by atoms with Gasteiger partial charge in [-0.2, -0.15) is 0 Å². The molecule has 0 spiro atoms. The number of carbonyl (C=O) groups is 2. The number of halogens is 2. The van der Waals surface area contributed by atoms with Gasteiger partial charge in [-0.3, -0.25) is 0 Å². The molecule has 0 aromatic heterocycles. The number of carbonyl (C=O) groups excluding carboxylic acids is 2. The van der Waals surface area contributed by atoms with E-state index < -0.39 is 17.9 Å². The SMILES string of the molecule is COC(=O)N1CCCN(C(=O)Nc2ccc(Cl)cc2F)CC1. The molecule has 2 rings (SSSR count). The first kappa shape index (κ1) is 16.4. The molecule has 0 atom stereocenters. The van der Waals surface area contributed by atoms with Crippen molar-refractivity contribution in [1.29, 1.82) is 0 Å². The lowest BCUT2D eigenvalue weighted by atomic mass is 10.3. The standard InChI is InChI=1S/C14H17ClFN3O3/c1-22-14(21)19-6-2-5-18(7-8-19)13(20)17-12-4-3-10(15)9-11(12)16/h3-4,9H,2,5-8H2,1H3,(H,17,20). The lowest BCUT2D eigenvalue weighted by Gasteiger charge is -2.22. The largest absolute Gasteiger partial charge is 0.453 e. The molecule has 1 heterocycles. The molecule has 1 aromatic carbocycles. The van der Waals surface area contributed by atoms with Crippen molar-refractivity contribution in [2.45, 2.75) is 6.42 Å². The molecular weight excluding hydrogens is 313 g/mol. The number of amides is 3. The molecule has 8 heteroatoms. The Morgan fingerprint density at radius 1 is 1.23 bits per heavy atom. The number of anilines is 1. The van der Waals surface area contributed by atoms with Crippen molar-refractivity contribution in [3.05, 3.63) is 29.0 Å². The number of ether oxygens (including phenoxy) is 1. The van der Waals surface area contributed by atoms with Crippen molar-refractivity contribution in [3.63, 3.8) is 0 Å². The Hall–Kier alpha value is -2.02. The number of nitrogens with zero attached hydrogens (tertiary/aromatic N) is 2. The molecule has 6 nitrogen and oxygen atoms in total. The lowest BCUT2D eigenvalue weighted by molar-refractivity contribution is 0.125. The van der Waals surface area contributed by atoms with Crippen LogP contribution in [0, 0.1) is 5.82 Å². The second-order valence-corrected chi connectivity index (χ2v) is 5.29. The number of urea groups is 1. The minimum atomic E-state index is -0.591. The molecule has 0 saturated carbocycles. The Morgan fingerprint density at radius 3 is 2.59 bits per heavy atom. The predicted molar refractivity (Wildman–Crippen MR) is 80.6 cm³/mol. The predicted octanol–water partition coefficient (Wildman–Crippen LogP) is 2.79. The minimum Gasteiger partial charge on any atom is -0.453 e. The maximum Gasteiger partial charge on any atom is 0.409 e. The van der Waals surface area contributed by atoms with E-state index in [0.29, 0.717) is 32.6 Å². The summed E-state index contributed by atoms with van der Waals surface area (Å²) in [6, 6.07) is 3.64. The summed E-state index contributed by atoms with van der Waals surface area (Å²) < 4.78 is 18.4. The number of rotatable bonds is 1. The Balaban J connectivity index is 1.96. The molecule has 1 saturated heterocycles. The van der Waals surface area contributed by atoms with Crippen LogP contribution in [0.25, 0.3) is 0 Å². The van der Waals surface area contributed by atoms with Crippen LogP contribution in [0.3, 0.4) is 0 Å². The number of methoxy groups -OCH3 is 1. The van der Waals surface area contributed by atoms with Crippen molar-refractivity contribution >= 4 is 29.4 Å². The smallest absolute Gasteiger partial charge is 0.409 e. The number of hydrogen-bond donors (Lipinski definition) is 1. The van der Waals surface area contributed by atoms with Gasteiger partial charge >= 0.3 is 12.1 Å². The van der Waals surface area contributed by atoms with E-state index in [0.717, 1.165) is 6.07 Å². The van der Waals surface area contributed by atoms with Crippen LogP contribution in [-0.4, -0.2) is 55.2 Å². The zero-order valence-corrected chi connectivity index (χ0v) is 12.9. The summed E-state index contributed by atoms with van der Waals surface area (Å²) in [5.74, 6) is -0.591. The summed E-state index contributed by atoms with van der Waals surface area (Å²) in [6.07, 6.45) is 0.219. The third kappa shape index (κ3) is 4.00. The fourth-order valence-corrected chi connectivity index (χ4v) is 2.38. The van der Waals surface area contributed by atoms with Crippen LogP contribution in [-0.2, 0) is 4.74 Å². The highest BCUT2D eigenvalue weighted by Gasteiger charge is 2.22. The van der Waals surface area contributed by atoms with Crippen molar-refractivity contribution in [3.8, 4) is 0 Å². The van der Waals surface area contributed by atoms with E-state index in [2.05, 4.69) is 10.1 Å². The van der Waals surface area contributed by atoms with Gasteiger partial charge in [0.15, 0.2) is 0 Å². The van der Waals surface area contributed by atoms with Gasteiger partial charge in [0.25, 0.3) is 0 Å². The van der Waals surface area contributed by atoms with E-state index in [9.17, 15) is 14.0 Å². The van der Waals surface area contributed by atoms with Gasteiger partial charge in [-0.05, 0) is 24.6 Å². The molecule has 0 radical (unpaired) electrons. The van der Waals surface area contributed by atoms with Crippen LogP contribution in [0.1, 0.15) is 6.42 Å². The molecule has 120 valence electrons. The zero-order chi connectivity index (χ0) is 16.1. The van der Waals surface area contributed by atoms with Gasteiger partial charge in [0.1, 0.15) is 5.82 Å². The summed E-state index contributed by atoms with van der Waals surface area (Å²) in [4.78, 5) is 26.7. The first-order chi connectivity index (χ1) is 10.5. The molecule has 1 aliphatic rings. The van der Waals surface area contributed by atoms with Gasteiger partial charge in [-0.1, -0.05) is 11.6 Å². The highest BCUT2D eigenvalue weighted by Crippen LogP contribution is 2.19. The lowest BCUT2D eigenvalue weighted by Crippen LogP contribution is -2.39. The molecule has 22 heavy (non-hydrogen) atoms. The monoisotopic (exact) mass is 329 g/mol. The van der Waals surface area contributed by atoms with Crippen LogP contribution < -0.4 is 5.32 Å². The molecule has 1 aliphatic heterocycles. The third-order valence-corrected chi connectivity index (χ3v) is 3.62. The quantitative estimate of drug-likeness (QED) is 0.861. The average Bonchev–Trinajstić information content (AvgIpc) is 2.75. The highest BCUT2D eigenvalue weighted by molar-refractivity contribution is 6.30. The number of hydrogen-bond acceptors (Lipinski definition) is 3. The Bertz CT molecular complexity index is 570. The first-order valence-electron chi connectivity index (χ1n) is 6.85. The minimum absolute atomic E-state index is 0.0727. The summed E-state index contributed by atoms with van der Waals surface area (Å²) in [6.45, 7) is 1.74. The first-order valence-corrected chi connectivity index (χ1v) is 7.23. The summed E-state index contributed by atoms with van der Waals surface area (Å²) >= 11 is 5.67. The number of nitrogens with one attached hydrogen (secondary N) is 1. The average molecular weight is 330 g/mol. The van der Waals surface area contributed by atoms with E-state index in [1.165, 1.54) is 29.0 Å². The summed E-state index contributed by atoms with van der Waals surface area (Å²) in [7, 11) is 1.32. The maximum atomic E-state index is 13.7. The second kappa shape index (κ2) is 7.31. The second-order valence-electron chi connectivity index (χ2n) is 4.85. The van der Waals surface area contributed by atoms with Gasteiger partial charge in [-0.25, -0.2) is 14.0 Å². The summed E-state index contributed by atoms with van der Waals surface area (Å²) in [5.41, 5.74) is 0.0727. The molecule has 1 fully saturated rings. The molecule has 0 aliphatic carbocycles. The van der Waals surface area contributed by atoms with Crippen LogP contribution in [0.2, 0.25) is 5.02 Å². The van der Waals surface area contributed by atoms with Crippen LogP contribution in [0.4, 0.5) is 19.7 Å². The van der Waals surface area contributed by atoms with Crippen LogP contribution in [0.5, 0.6) is 0 Å². The molecule has 0 unspecified atom stereocenters. The van der Waals surface area contributed by atoms with Gasteiger partial charge in [0, 0.05) is 31.2 Å². The van der Waals surface area contributed by atoms with Crippen LogP contribution in [0.15, 0.2) is 18.2 Å². The normalized spacial score (nSPS) is 15.2. The highest BCUT2D eigenvalue weighted by atomic mass is 35.5. The molecule has 1 aromatic rings. The van der Waals surface area contributed by atoms with Gasteiger partial charge < -0.3 is 19.9 Å². The maximum absolute atomic E-state index is 13.7. The van der Waals surface area contributed by atoms with Gasteiger partial charge in [0.05, 0.1) is 12.8 Å². The van der Waals surface area contributed by atoms with E-state index in [-0.39, 0.29) is 10.7 Å². The molecule has 3 amide bonds. The topological polar surface area (TPSA) is 61.9 Å². The van der Waals surface area contributed by atoms with Crippen molar-refractivity contribution in [2.75, 3.05) is 38.6 Å². The Kier molecular flexibility index (Phi) is 5.43. The molecular formula is C14H17ClFN3O3. The fraction of sp³-hybridized carbons (Fsp3) is 0.429. The van der Waals surface area contributed by atoms with Gasteiger partial charge in [0.2, 0.25) is 0 Å². The van der Waals surface area contributed by atoms with E-state index >= 15 is 0 Å². The number of benzene rings is 1. The van der Waals surface area contributed by atoms with Gasteiger partial charge in [-0.15, -0.1) is 0 Å². The van der Waals surface area contributed by atoms with Crippen molar-refractivity contribution in [1.82, 2.24) is 9.80 Å². The molecule has 1 N–H and O–H groups in total. The van der Waals surface area contributed by atoms with E-state index in [1.54, 1.807) is 0 Å².